The average Bonchev–Trinajstić information content (AvgIpc) is 2.87. The normalized spacial score (nSPS) is 10.6. The fourth-order valence-electron chi connectivity index (χ4n) is 1.33. The second-order valence-electron chi connectivity index (χ2n) is 3.40. The van der Waals surface area contributed by atoms with E-state index in [1.165, 1.54) is 4.80 Å². The van der Waals surface area contributed by atoms with Crippen LogP contribution in [0, 0.1) is 0 Å². The van der Waals surface area contributed by atoms with E-state index >= 15 is 0 Å². The van der Waals surface area contributed by atoms with Gasteiger partial charge in [-0.2, -0.15) is 9.90 Å². The van der Waals surface area contributed by atoms with Gasteiger partial charge in [0.05, 0.1) is 18.8 Å². The van der Waals surface area contributed by atoms with Crippen LogP contribution in [-0.2, 0) is 13.6 Å². The molecule has 84 valence electrons. The molecule has 0 aromatic carbocycles. The van der Waals surface area contributed by atoms with Crippen LogP contribution in [0.1, 0.15) is 29.5 Å². The lowest BCUT2D eigenvalue weighted by Gasteiger charge is -1.94. The van der Waals surface area contributed by atoms with Crippen molar-refractivity contribution in [2.24, 2.45) is 7.05 Å². The van der Waals surface area contributed by atoms with Crippen LogP contribution in [0.5, 0.6) is 0 Å². The van der Waals surface area contributed by atoms with Gasteiger partial charge in [0, 0.05) is 12.6 Å². The van der Waals surface area contributed by atoms with Crippen molar-refractivity contribution in [1.29, 1.82) is 0 Å². The van der Waals surface area contributed by atoms with Gasteiger partial charge in [-0.1, -0.05) is 6.92 Å². The molecule has 7 nitrogen and oxygen atoms in total. The van der Waals surface area contributed by atoms with Gasteiger partial charge < -0.3 is 0 Å². The van der Waals surface area contributed by atoms with Crippen molar-refractivity contribution in [2.75, 3.05) is 0 Å². The first-order chi connectivity index (χ1) is 7.69. The highest BCUT2D eigenvalue weighted by Crippen LogP contribution is 2.02. The molecule has 0 saturated heterocycles. The van der Waals surface area contributed by atoms with Crippen LogP contribution in [0.3, 0.4) is 0 Å². The molecule has 0 aliphatic carbocycles. The van der Waals surface area contributed by atoms with Crippen molar-refractivity contribution in [3.8, 4) is 0 Å². The third-order valence-corrected chi connectivity index (χ3v) is 2.13. The van der Waals surface area contributed by atoms with Crippen molar-refractivity contribution in [3.63, 3.8) is 0 Å². The minimum absolute atomic E-state index is 0.0818. The number of aryl methyl sites for hydroxylation is 1. The molecule has 2 aromatic heterocycles. The summed E-state index contributed by atoms with van der Waals surface area (Å²) in [6, 6.07) is 0. The first kappa shape index (κ1) is 10.5. The Bertz CT molecular complexity index is 500. The lowest BCUT2D eigenvalue weighted by atomic mass is 10.2. The molecule has 0 amide bonds. The van der Waals surface area contributed by atoms with Gasteiger partial charge in [-0.15, -0.1) is 10.2 Å². The van der Waals surface area contributed by atoms with Crippen LogP contribution in [0.25, 0.3) is 0 Å². The molecular weight excluding hydrogens is 208 g/mol. The Balaban J connectivity index is 2.11. The van der Waals surface area contributed by atoms with E-state index in [4.69, 9.17) is 0 Å². The summed E-state index contributed by atoms with van der Waals surface area (Å²) < 4.78 is 1.62. The van der Waals surface area contributed by atoms with Crippen LogP contribution in [0.15, 0.2) is 12.4 Å². The number of ketones is 1. The molecule has 0 N–H and O–H groups in total. The number of aromatic nitrogens is 6. The highest BCUT2D eigenvalue weighted by molar-refractivity contribution is 5.95. The number of hydrogen-bond acceptors (Lipinski definition) is 5. The molecule has 16 heavy (non-hydrogen) atoms. The van der Waals surface area contributed by atoms with Gasteiger partial charge in [0.25, 0.3) is 0 Å². The van der Waals surface area contributed by atoms with E-state index in [0.29, 0.717) is 24.4 Å². The molecule has 0 radical (unpaired) electrons. The van der Waals surface area contributed by atoms with E-state index < -0.39 is 0 Å². The van der Waals surface area contributed by atoms with Crippen molar-refractivity contribution >= 4 is 5.78 Å². The highest BCUT2D eigenvalue weighted by atomic mass is 16.1. The van der Waals surface area contributed by atoms with Crippen LogP contribution in [0.4, 0.5) is 0 Å². The maximum absolute atomic E-state index is 11.4. The largest absolute Gasteiger partial charge is 0.294 e. The number of carbonyl (C=O) groups is 1. The van der Waals surface area contributed by atoms with Crippen LogP contribution in [-0.4, -0.2) is 35.8 Å². The number of carbonyl (C=O) groups excluding carboxylic acids is 1. The number of nitrogens with zero attached hydrogens (tertiary/aromatic N) is 6. The molecule has 7 heteroatoms. The van der Waals surface area contributed by atoms with E-state index in [1.54, 1.807) is 24.1 Å². The lowest BCUT2D eigenvalue weighted by molar-refractivity contribution is 0.0988. The molecular formula is C9H12N6O. The maximum atomic E-state index is 11.4. The minimum atomic E-state index is 0.0818. The zero-order chi connectivity index (χ0) is 11.5. The molecule has 0 unspecified atom stereocenters. The molecule has 0 bridgehead atoms. The third kappa shape index (κ3) is 2.13. The zero-order valence-corrected chi connectivity index (χ0v) is 9.16. The van der Waals surface area contributed by atoms with E-state index in [-0.39, 0.29) is 5.78 Å². The first-order valence-corrected chi connectivity index (χ1v) is 4.97. The monoisotopic (exact) mass is 220 g/mol. The zero-order valence-electron chi connectivity index (χ0n) is 9.16. The Hall–Kier alpha value is -2.05. The van der Waals surface area contributed by atoms with Gasteiger partial charge in [0.2, 0.25) is 0 Å². The Morgan fingerprint density at radius 2 is 2.31 bits per heavy atom. The number of tetrazole rings is 1. The smallest absolute Gasteiger partial charge is 0.196 e. The van der Waals surface area contributed by atoms with Crippen molar-refractivity contribution in [1.82, 2.24) is 30.0 Å². The number of hydrogen-bond donors (Lipinski definition) is 0. The van der Waals surface area contributed by atoms with Crippen molar-refractivity contribution in [3.05, 3.63) is 23.8 Å². The second kappa shape index (κ2) is 4.21. The Morgan fingerprint density at radius 3 is 2.94 bits per heavy atom. The topological polar surface area (TPSA) is 78.5 Å². The number of Topliss-reactive ketones (excluding diaryl/α,β-unsaturated/α-hetero) is 1. The average molecular weight is 220 g/mol. The quantitative estimate of drug-likeness (QED) is 0.680. The minimum Gasteiger partial charge on any atom is -0.294 e. The van der Waals surface area contributed by atoms with Crippen molar-refractivity contribution in [2.45, 2.75) is 19.9 Å². The van der Waals surface area contributed by atoms with E-state index in [2.05, 4.69) is 20.5 Å². The number of rotatable bonds is 4. The molecule has 0 saturated carbocycles. The molecule has 0 fully saturated rings. The maximum Gasteiger partial charge on any atom is 0.196 e. The Labute approximate surface area is 92.1 Å². The van der Waals surface area contributed by atoms with Gasteiger partial charge in [0.1, 0.15) is 6.54 Å². The molecule has 2 aromatic rings. The molecule has 0 aliphatic heterocycles. The fraction of sp³-hybridized carbons (Fsp3) is 0.444. The third-order valence-electron chi connectivity index (χ3n) is 2.13. The van der Waals surface area contributed by atoms with Crippen LogP contribution < -0.4 is 0 Å². The predicted molar refractivity (Wildman–Crippen MR) is 54.7 cm³/mol. The summed E-state index contributed by atoms with van der Waals surface area (Å²) in [4.78, 5) is 12.8. The van der Waals surface area contributed by atoms with Crippen molar-refractivity contribution < 1.29 is 4.79 Å². The van der Waals surface area contributed by atoms with Crippen LogP contribution >= 0.6 is 0 Å². The first-order valence-electron chi connectivity index (χ1n) is 4.97. The summed E-state index contributed by atoms with van der Waals surface area (Å²) in [5.74, 6) is 0.652. The summed E-state index contributed by atoms with van der Waals surface area (Å²) >= 11 is 0. The van der Waals surface area contributed by atoms with Gasteiger partial charge >= 0.3 is 0 Å². The predicted octanol–water partition coefficient (Wildman–Crippen LogP) is 0.0476. The SMILES string of the molecule is CCC(=O)c1cnn(Cc2nnn(C)n2)c1. The fourth-order valence-corrected chi connectivity index (χ4v) is 1.33. The highest BCUT2D eigenvalue weighted by Gasteiger charge is 2.08. The summed E-state index contributed by atoms with van der Waals surface area (Å²) in [5.41, 5.74) is 0.617. The molecule has 0 atom stereocenters. The standard InChI is InChI=1S/C9H12N6O/c1-3-8(16)7-4-10-15(5-7)6-9-11-13-14(2)12-9/h4-5H,3,6H2,1-2H3. The van der Waals surface area contributed by atoms with E-state index in [0.717, 1.165) is 0 Å². The van der Waals surface area contributed by atoms with Gasteiger partial charge in [-0.05, 0) is 5.21 Å². The van der Waals surface area contributed by atoms with E-state index in [9.17, 15) is 4.79 Å². The van der Waals surface area contributed by atoms with E-state index in [1.807, 2.05) is 6.92 Å². The summed E-state index contributed by atoms with van der Waals surface area (Å²) in [6.07, 6.45) is 3.74. The van der Waals surface area contributed by atoms with Gasteiger partial charge in [-0.3, -0.25) is 9.48 Å². The molecule has 0 spiro atoms. The summed E-state index contributed by atoms with van der Waals surface area (Å²) in [6.45, 7) is 2.24. The summed E-state index contributed by atoms with van der Waals surface area (Å²) in [5, 5.41) is 15.7. The molecule has 0 aliphatic rings. The Morgan fingerprint density at radius 1 is 1.50 bits per heavy atom. The second-order valence-corrected chi connectivity index (χ2v) is 3.40. The van der Waals surface area contributed by atoms with Gasteiger partial charge in [-0.25, -0.2) is 0 Å². The Kier molecular flexibility index (Phi) is 2.76. The molecule has 2 heterocycles. The summed E-state index contributed by atoms with van der Waals surface area (Å²) in [7, 11) is 1.70. The van der Waals surface area contributed by atoms with Gasteiger partial charge in [0.15, 0.2) is 11.6 Å². The van der Waals surface area contributed by atoms with Crippen LogP contribution in [0.2, 0.25) is 0 Å². The molecule has 2 rings (SSSR count). The lowest BCUT2D eigenvalue weighted by Crippen LogP contribution is -2.03.